The van der Waals surface area contributed by atoms with Gasteiger partial charge in [-0.1, -0.05) is 12.2 Å². The van der Waals surface area contributed by atoms with Crippen LogP contribution in [-0.2, 0) is 19.1 Å². The highest BCUT2D eigenvalue weighted by Crippen LogP contribution is 2.05. The fraction of sp³-hybridized carbons (Fsp3) is 0.571. The highest BCUT2D eigenvalue weighted by Gasteiger charge is 2.04. The van der Waals surface area contributed by atoms with Crippen molar-refractivity contribution >= 4 is 11.9 Å². The molecule has 0 bridgehead atoms. The molecule has 4 heteroatoms. The number of allylic oxidation sites excluding steroid dienone is 2. The molecule has 0 unspecified atom stereocenters. The Morgan fingerprint density at radius 2 is 1.17 bits per heavy atom. The van der Waals surface area contributed by atoms with Gasteiger partial charge in [-0.2, -0.15) is 0 Å². The molecule has 0 spiro atoms. The summed E-state index contributed by atoms with van der Waals surface area (Å²) < 4.78 is 9.71. The van der Waals surface area contributed by atoms with Crippen molar-refractivity contribution in [1.82, 2.24) is 0 Å². The molecule has 0 aliphatic rings. The topological polar surface area (TPSA) is 52.6 Å². The smallest absolute Gasteiger partial charge is 0.333 e. The van der Waals surface area contributed by atoms with Crippen LogP contribution in [-0.4, -0.2) is 25.2 Å². The summed E-state index contributed by atoms with van der Waals surface area (Å²) in [4.78, 5) is 22.6. The molecular formula is C14H22O4. The zero-order valence-electron chi connectivity index (χ0n) is 11.6. The molecule has 0 radical (unpaired) electrons. The van der Waals surface area contributed by atoms with Gasteiger partial charge in [0.05, 0.1) is 13.2 Å². The maximum Gasteiger partial charge on any atom is 0.333 e. The Hall–Kier alpha value is -1.58. The minimum Gasteiger partial charge on any atom is -0.463 e. The van der Waals surface area contributed by atoms with Gasteiger partial charge >= 0.3 is 11.9 Å². The average Bonchev–Trinajstić information content (AvgIpc) is 2.34. The largest absolute Gasteiger partial charge is 0.463 e. The van der Waals surface area contributed by atoms with Crippen molar-refractivity contribution in [3.8, 4) is 0 Å². The van der Waals surface area contributed by atoms with Gasteiger partial charge in [0, 0.05) is 11.1 Å². The van der Waals surface area contributed by atoms with Gasteiger partial charge in [-0.25, -0.2) is 9.59 Å². The molecule has 0 heterocycles. The fourth-order valence-electron chi connectivity index (χ4n) is 1.26. The second kappa shape index (κ2) is 9.45. The van der Waals surface area contributed by atoms with E-state index in [1.165, 1.54) is 0 Å². The Balaban J connectivity index is 4.11. The van der Waals surface area contributed by atoms with Crippen molar-refractivity contribution in [1.29, 1.82) is 0 Å². The standard InChI is InChI=1S/C14H22O4/c1-5-17-13(15)11(3)9-7-8-10-12(4)14(16)18-6-2/h9-10H,5-8H2,1-4H3/b11-9+,12-10+. The number of carbonyl (C=O) groups excluding carboxylic acids is 2. The zero-order valence-corrected chi connectivity index (χ0v) is 11.6. The normalized spacial score (nSPS) is 12.2. The first-order chi connectivity index (χ1) is 8.52. The molecule has 0 aromatic heterocycles. The van der Waals surface area contributed by atoms with Crippen LogP contribution in [0, 0.1) is 0 Å². The van der Waals surface area contributed by atoms with E-state index in [1.807, 2.05) is 12.2 Å². The quantitative estimate of drug-likeness (QED) is 0.398. The molecule has 18 heavy (non-hydrogen) atoms. The molecule has 0 saturated carbocycles. The summed E-state index contributed by atoms with van der Waals surface area (Å²) in [6, 6.07) is 0. The van der Waals surface area contributed by atoms with Crippen molar-refractivity contribution < 1.29 is 19.1 Å². The van der Waals surface area contributed by atoms with E-state index in [0.29, 0.717) is 37.2 Å². The van der Waals surface area contributed by atoms with Crippen molar-refractivity contribution in [2.75, 3.05) is 13.2 Å². The lowest BCUT2D eigenvalue weighted by molar-refractivity contribution is -0.139. The summed E-state index contributed by atoms with van der Waals surface area (Å²) in [7, 11) is 0. The summed E-state index contributed by atoms with van der Waals surface area (Å²) >= 11 is 0. The molecule has 0 aromatic rings. The predicted octanol–water partition coefficient (Wildman–Crippen LogP) is 2.79. The number of ether oxygens (including phenoxy) is 2. The minimum atomic E-state index is -0.288. The number of hydrogen-bond donors (Lipinski definition) is 0. The van der Waals surface area contributed by atoms with Gasteiger partial charge in [0.1, 0.15) is 0 Å². The molecule has 0 amide bonds. The van der Waals surface area contributed by atoms with Crippen molar-refractivity contribution in [3.63, 3.8) is 0 Å². The van der Waals surface area contributed by atoms with Gasteiger partial charge in [0.15, 0.2) is 0 Å². The van der Waals surface area contributed by atoms with Gasteiger partial charge in [-0.15, -0.1) is 0 Å². The van der Waals surface area contributed by atoms with Gasteiger partial charge in [0.2, 0.25) is 0 Å². The van der Waals surface area contributed by atoms with Crippen LogP contribution in [0.3, 0.4) is 0 Å². The number of esters is 2. The summed E-state index contributed by atoms with van der Waals surface area (Å²) in [5, 5.41) is 0. The van der Waals surface area contributed by atoms with E-state index in [-0.39, 0.29) is 11.9 Å². The number of carbonyl (C=O) groups is 2. The number of hydrogen-bond acceptors (Lipinski definition) is 4. The number of unbranched alkanes of at least 4 members (excludes halogenated alkanes) is 1. The molecule has 0 aliphatic heterocycles. The van der Waals surface area contributed by atoms with E-state index in [1.54, 1.807) is 27.7 Å². The molecule has 0 atom stereocenters. The van der Waals surface area contributed by atoms with Gasteiger partial charge in [0.25, 0.3) is 0 Å². The Morgan fingerprint density at radius 1 is 0.833 bits per heavy atom. The molecule has 0 N–H and O–H groups in total. The van der Waals surface area contributed by atoms with E-state index >= 15 is 0 Å². The summed E-state index contributed by atoms with van der Waals surface area (Å²) in [5.41, 5.74) is 1.19. The van der Waals surface area contributed by atoms with E-state index in [0.717, 1.165) is 0 Å². The van der Waals surface area contributed by atoms with E-state index in [9.17, 15) is 9.59 Å². The lowest BCUT2D eigenvalue weighted by Crippen LogP contribution is -2.05. The monoisotopic (exact) mass is 254 g/mol. The molecule has 0 aliphatic carbocycles. The lowest BCUT2D eigenvalue weighted by Gasteiger charge is -2.02. The first-order valence-electron chi connectivity index (χ1n) is 6.20. The van der Waals surface area contributed by atoms with Crippen LogP contribution in [0.15, 0.2) is 23.3 Å². The summed E-state index contributed by atoms with van der Waals surface area (Å²) in [6.45, 7) is 7.75. The Bertz CT molecular complexity index is 306. The van der Waals surface area contributed by atoms with E-state index in [4.69, 9.17) is 9.47 Å². The molecule has 0 aromatic carbocycles. The van der Waals surface area contributed by atoms with Crippen molar-refractivity contribution in [2.24, 2.45) is 0 Å². The van der Waals surface area contributed by atoms with Crippen LogP contribution >= 0.6 is 0 Å². The Morgan fingerprint density at radius 3 is 1.44 bits per heavy atom. The minimum absolute atomic E-state index is 0.288. The average molecular weight is 254 g/mol. The molecule has 0 fully saturated rings. The van der Waals surface area contributed by atoms with Gasteiger partial charge in [-0.05, 0) is 40.5 Å². The molecule has 0 saturated heterocycles. The van der Waals surface area contributed by atoms with E-state index < -0.39 is 0 Å². The first kappa shape index (κ1) is 16.4. The molecule has 102 valence electrons. The fourth-order valence-corrected chi connectivity index (χ4v) is 1.26. The third-order valence-electron chi connectivity index (χ3n) is 2.26. The van der Waals surface area contributed by atoms with Crippen LogP contribution in [0.5, 0.6) is 0 Å². The van der Waals surface area contributed by atoms with Crippen LogP contribution in [0.25, 0.3) is 0 Å². The molecule has 4 nitrogen and oxygen atoms in total. The lowest BCUT2D eigenvalue weighted by atomic mass is 10.1. The van der Waals surface area contributed by atoms with Gasteiger partial charge < -0.3 is 9.47 Å². The Kier molecular flexibility index (Phi) is 8.62. The van der Waals surface area contributed by atoms with Crippen LogP contribution in [0.4, 0.5) is 0 Å². The first-order valence-corrected chi connectivity index (χ1v) is 6.20. The van der Waals surface area contributed by atoms with E-state index in [2.05, 4.69) is 0 Å². The second-order valence-corrected chi connectivity index (χ2v) is 3.79. The number of rotatable bonds is 7. The maximum atomic E-state index is 11.3. The van der Waals surface area contributed by atoms with Crippen molar-refractivity contribution in [3.05, 3.63) is 23.3 Å². The summed E-state index contributed by atoms with van der Waals surface area (Å²) in [5.74, 6) is -0.577. The maximum absolute atomic E-state index is 11.3. The predicted molar refractivity (Wildman–Crippen MR) is 70.0 cm³/mol. The SMILES string of the molecule is CCOC(=O)/C(C)=C/CC/C=C(\C)C(=O)OCC. The highest BCUT2D eigenvalue weighted by molar-refractivity contribution is 5.88. The second-order valence-electron chi connectivity index (χ2n) is 3.79. The van der Waals surface area contributed by atoms with Crippen LogP contribution in [0.1, 0.15) is 40.5 Å². The van der Waals surface area contributed by atoms with Crippen molar-refractivity contribution in [2.45, 2.75) is 40.5 Å². The molecule has 0 rings (SSSR count). The zero-order chi connectivity index (χ0) is 14.0. The molecular weight excluding hydrogens is 232 g/mol. The highest BCUT2D eigenvalue weighted by atomic mass is 16.5. The third kappa shape index (κ3) is 6.89. The van der Waals surface area contributed by atoms with Crippen LogP contribution < -0.4 is 0 Å². The third-order valence-corrected chi connectivity index (χ3v) is 2.26. The summed E-state index contributed by atoms with van der Waals surface area (Å²) in [6.07, 6.45) is 5.02. The Labute approximate surface area is 109 Å². The van der Waals surface area contributed by atoms with Gasteiger partial charge in [-0.3, -0.25) is 0 Å². The van der Waals surface area contributed by atoms with Crippen LogP contribution in [0.2, 0.25) is 0 Å².